The van der Waals surface area contributed by atoms with E-state index in [1.165, 1.54) is 4.31 Å². The van der Waals surface area contributed by atoms with Crippen LogP contribution in [-0.4, -0.2) is 15.0 Å². The molecule has 2 rings (SSSR count). The van der Waals surface area contributed by atoms with Gasteiger partial charge in [-0.3, -0.25) is 4.31 Å². The summed E-state index contributed by atoms with van der Waals surface area (Å²) in [4.78, 5) is 0.324. The molecule has 0 aliphatic heterocycles. The van der Waals surface area contributed by atoms with Crippen LogP contribution in [0.25, 0.3) is 0 Å². The summed E-state index contributed by atoms with van der Waals surface area (Å²) >= 11 is 0. The Balaban J connectivity index is 2.50. The third-order valence-electron chi connectivity index (χ3n) is 3.37. The number of hydrogen-bond acceptors (Lipinski definition) is 3. The van der Waals surface area contributed by atoms with E-state index in [4.69, 9.17) is 5.73 Å². The lowest BCUT2D eigenvalue weighted by Crippen LogP contribution is -2.31. The SMILES string of the molecule is CCN(c1ccccc1)S(=O)(=O)c1ccc(CN)cc1C. The van der Waals surface area contributed by atoms with Gasteiger partial charge in [0.1, 0.15) is 0 Å². The number of aryl methyl sites for hydroxylation is 1. The van der Waals surface area contributed by atoms with Crippen molar-refractivity contribution in [1.29, 1.82) is 0 Å². The van der Waals surface area contributed by atoms with Crippen molar-refractivity contribution in [2.45, 2.75) is 25.3 Å². The van der Waals surface area contributed by atoms with E-state index < -0.39 is 10.0 Å². The third kappa shape index (κ3) is 3.09. The number of benzene rings is 2. The molecular weight excluding hydrogens is 284 g/mol. The maximum atomic E-state index is 12.9. The van der Waals surface area contributed by atoms with E-state index in [0.29, 0.717) is 29.2 Å². The first kappa shape index (κ1) is 15.5. The van der Waals surface area contributed by atoms with Crippen molar-refractivity contribution in [2.24, 2.45) is 5.73 Å². The van der Waals surface area contributed by atoms with Gasteiger partial charge in [-0.05, 0) is 43.2 Å². The molecule has 2 N–H and O–H groups in total. The number of anilines is 1. The van der Waals surface area contributed by atoms with Crippen molar-refractivity contribution in [2.75, 3.05) is 10.8 Å². The molecule has 0 atom stereocenters. The molecule has 4 nitrogen and oxygen atoms in total. The molecule has 2 aromatic rings. The molecule has 5 heteroatoms. The molecule has 0 aliphatic rings. The monoisotopic (exact) mass is 304 g/mol. The smallest absolute Gasteiger partial charge is 0.264 e. The van der Waals surface area contributed by atoms with Gasteiger partial charge in [0.25, 0.3) is 10.0 Å². The van der Waals surface area contributed by atoms with Crippen LogP contribution < -0.4 is 10.0 Å². The Labute approximate surface area is 126 Å². The van der Waals surface area contributed by atoms with Crippen LogP contribution in [0.3, 0.4) is 0 Å². The Kier molecular flexibility index (Phi) is 4.65. The lowest BCUT2D eigenvalue weighted by Gasteiger charge is -2.24. The maximum Gasteiger partial charge on any atom is 0.264 e. The molecule has 0 aliphatic carbocycles. The van der Waals surface area contributed by atoms with Gasteiger partial charge in [-0.2, -0.15) is 0 Å². The molecule has 0 bridgehead atoms. The number of sulfonamides is 1. The Morgan fingerprint density at radius 3 is 2.29 bits per heavy atom. The standard InChI is InChI=1S/C16H20N2O2S/c1-3-18(15-7-5-4-6-8-15)21(19,20)16-10-9-14(12-17)11-13(16)2/h4-11H,3,12,17H2,1-2H3. The second kappa shape index (κ2) is 6.28. The highest BCUT2D eigenvalue weighted by molar-refractivity contribution is 7.92. The molecule has 0 radical (unpaired) electrons. The van der Waals surface area contributed by atoms with E-state index in [1.807, 2.05) is 31.2 Å². The number of rotatable bonds is 5. The van der Waals surface area contributed by atoms with Crippen LogP contribution in [0.2, 0.25) is 0 Å². The summed E-state index contributed by atoms with van der Waals surface area (Å²) in [7, 11) is -3.57. The van der Waals surface area contributed by atoms with Gasteiger partial charge in [-0.25, -0.2) is 8.42 Å². The summed E-state index contributed by atoms with van der Waals surface area (Å²) in [6.07, 6.45) is 0. The normalized spacial score (nSPS) is 11.4. The van der Waals surface area contributed by atoms with Crippen LogP contribution in [0.4, 0.5) is 5.69 Å². The van der Waals surface area contributed by atoms with Gasteiger partial charge in [0.15, 0.2) is 0 Å². The van der Waals surface area contributed by atoms with E-state index in [9.17, 15) is 8.42 Å². The van der Waals surface area contributed by atoms with Crippen molar-refractivity contribution < 1.29 is 8.42 Å². The molecule has 0 spiro atoms. The van der Waals surface area contributed by atoms with E-state index in [1.54, 1.807) is 31.2 Å². The average Bonchev–Trinajstić information content (AvgIpc) is 2.48. The van der Waals surface area contributed by atoms with Crippen molar-refractivity contribution in [3.05, 3.63) is 59.7 Å². The first-order valence-corrected chi connectivity index (χ1v) is 8.32. The highest BCUT2D eigenvalue weighted by Crippen LogP contribution is 2.25. The third-order valence-corrected chi connectivity index (χ3v) is 5.44. The molecule has 2 aromatic carbocycles. The van der Waals surface area contributed by atoms with Crippen molar-refractivity contribution in [3.63, 3.8) is 0 Å². The van der Waals surface area contributed by atoms with Crippen LogP contribution in [0, 0.1) is 6.92 Å². The lowest BCUT2D eigenvalue weighted by molar-refractivity contribution is 0.591. The van der Waals surface area contributed by atoms with E-state index in [0.717, 1.165) is 5.56 Å². The van der Waals surface area contributed by atoms with Crippen LogP contribution in [0.15, 0.2) is 53.4 Å². The minimum Gasteiger partial charge on any atom is -0.326 e. The molecule has 0 amide bonds. The van der Waals surface area contributed by atoms with Gasteiger partial charge in [-0.1, -0.05) is 30.3 Å². The van der Waals surface area contributed by atoms with Crippen LogP contribution >= 0.6 is 0 Å². The fourth-order valence-corrected chi connectivity index (χ4v) is 4.01. The molecule has 112 valence electrons. The lowest BCUT2D eigenvalue weighted by atomic mass is 10.1. The fourth-order valence-electron chi connectivity index (χ4n) is 2.33. The first-order chi connectivity index (χ1) is 10.0. The maximum absolute atomic E-state index is 12.9. The van der Waals surface area contributed by atoms with Gasteiger partial charge >= 0.3 is 0 Å². The molecule has 0 aromatic heterocycles. The summed E-state index contributed by atoms with van der Waals surface area (Å²) in [6, 6.07) is 14.3. The number of hydrogen-bond donors (Lipinski definition) is 1. The van der Waals surface area contributed by atoms with E-state index in [2.05, 4.69) is 0 Å². The number of para-hydroxylation sites is 1. The zero-order valence-corrected chi connectivity index (χ0v) is 13.1. The number of nitrogens with zero attached hydrogens (tertiary/aromatic N) is 1. The molecule has 0 heterocycles. The Bertz CT molecular complexity index is 712. The molecule has 0 fully saturated rings. The molecule has 21 heavy (non-hydrogen) atoms. The highest BCUT2D eigenvalue weighted by atomic mass is 32.2. The highest BCUT2D eigenvalue weighted by Gasteiger charge is 2.25. The quantitative estimate of drug-likeness (QED) is 0.923. The minimum atomic E-state index is -3.57. The average molecular weight is 304 g/mol. The molecule has 0 saturated heterocycles. The van der Waals surface area contributed by atoms with Crippen molar-refractivity contribution >= 4 is 15.7 Å². The van der Waals surface area contributed by atoms with Crippen molar-refractivity contribution in [1.82, 2.24) is 0 Å². The predicted octanol–water partition coefficient (Wildman–Crippen LogP) is 2.67. The largest absolute Gasteiger partial charge is 0.326 e. The Morgan fingerprint density at radius 2 is 1.76 bits per heavy atom. The van der Waals surface area contributed by atoms with Gasteiger partial charge in [0.2, 0.25) is 0 Å². The van der Waals surface area contributed by atoms with Crippen LogP contribution in [-0.2, 0) is 16.6 Å². The minimum absolute atomic E-state index is 0.324. The number of nitrogens with two attached hydrogens (primary N) is 1. The molecule has 0 unspecified atom stereocenters. The predicted molar refractivity (Wildman–Crippen MR) is 85.7 cm³/mol. The van der Waals surface area contributed by atoms with E-state index in [-0.39, 0.29) is 0 Å². The van der Waals surface area contributed by atoms with Crippen molar-refractivity contribution in [3.8, 4) is 0 Å². The summed E-state index contributed by atoms with van der Waals surface area (Å²) in [5, 5.41) is 0. The summed E-state index contributed by atoms with van der Waals surface area (Å²) in [6.45, 7) is 4.40. The second-order valence-corrected chi connectivity index (χ2v) is 6.64. The Hall–Kier alpha value is -1.85. The summed E-state index contributed by atoms with van der Waals surface area (Å²) < 4.78 is 27.2. The van der Waals surface area contributed by atoms with Gasteiger partial charge in [0.05, 0.1) is 10.6 Å². The zero-order valence-electron chi connectivity index (χ0n) is 12.3. The molecular formula is C16H20N2O2S. The van der Waals surface area contributed by atoms with Gasteiger partial charge in [0, 0.05) is 13.1 Å². The van der Waals surface area contributed by atoms with E-state index >= 15 is 0 Å². The fraction of sp³-hybridized carbons (Fsp3) is 0.250. The second-order valence-electron chi connectivity index (χ2n) is 4.81. The Morgan fingerprint density at radius 1 is 1.10 bits per heavy atom. The summed E-state index contributed by atoms with van der Waals surface area (Å²) in [5.41, 5.74) is 7.90. The van der Waals surface area contributed by atoms with Gasteiger partial charge in [-0.15, -0.1) is 0 Å². The topological polar surface area (TPSA) is 63.4 Å². The first-order valence-electron chi connectivity index (χ1n) is 6.88. The van der Waals surface area contributed by atoms with Crippen LogP contribution in [0.1, 0.15) is 18.1 Å². The molecule has 0 saturated carbocycles. The zero-order chi connectivity index (χ0) is 15.5. The summed E-state index contributed by atoms with van der Waals surface area (Å²) in [5.74, 6) is 0. The van der Waals surface area contributed by atoms with Gasteiger partial charge < -0.3 is 5.73 Å². The van der Waals surface area contributed by atoms with Crippen LogP contribution in [0.5, 0.6) is 0 Å².